The van der Waals surface area contributed by atoms with Gasteiger partial charge in [0.1, 0.15) is 5.75 Å². The standard InChI is InChI=1S/C15H23NO2/c1-12(10-13-5-7-14(17)8-6-13)16(2)11-15-4-3-9-18-15/h5-8,12,15,17H,3-4,9-11H2,1-2H3. The molecule has 0 aliphatic carbocycles. The summed E-state index contributed by atoms with van der Waals surface area (Å²) < 4.78 is 5.66. The fraction of sp³-hybridized carbons (Fsp3) is 0.600. The Kier molecular flexibility index (Phi) is 4.61. The summed E-state index contributed by atoms with van der Waals surface area (Å²) in [5, 5.41) is 9.26. The van der Waals surface area contributed by atoms with Gasteiger partial charge >= 0.3 is 0 Å². The second-order valence-corrected chi connectivity index (χ2v) is 5.29. The zero-order chi connectivity index (χ0) is 13.0. The highest BCUT2D eigenvalue weighted by molar-refractivity contribution is 5.26. The lowest BCUT2D eigenvalue weighted by molar-refractivity contribution is 0.0704. The molecule has 1 aromatic carbocycles. The quantitative estimate of drug-likeness (QED) is 0.870. The average Bonchev–Trinajstić information content (AvgIpc) is 2.85. The van der Waals surface area contributed by atoms with Crippen LogP contribution in [0.3, 0.4) is 0 Å². The van der Waals surface area contributed by atoms with E-state index >= 15 is 0 Å². The largest absolute Gasteiger partial charge is 0.508 e. The number of rotatable bonds is 5. The van der Waals surface area contributed by atoms with Gasteiger partial charge < -0.3 is 14.7 Å². The van der Waals surface area contributed by atoms with E-state index in [9.17, 15) is 5.11 Å². The Morgan fingerprint density at radius 3 is 2.72 bits per heavy atom. The molecule has 0 radical (unpaired) electrons. The van der Waals surface area contributed by atoms with Crippen molar-refractivity contribution < 1.29 is 9.84 Å². The zero-order valence-corrected chi connectivity index (χ0v) is 11.3. The van der Waals surface area contributed by atoms with Gasteiger partial charge in [0.05, 0.1) is 6.10 Å². The number of benzene rings is 1. The van der Waals surface area contributed by atoms with Crippen LogP contribution in [0, 0.1) is 0 Å². The Bertz CT molecular complexity index is 357. The zero-order valence-electron chi connectivity index (χ0n) is 11.3. The van der Waals surface area contributed by atoms with Crippen molar-refractivity contribution in [3.8, 4) is 5.75 Å². The van der Waals surface area contributed by atoms with Crippen LogP contribution in [0.2, 0.25) is 0 Å². The maximum atomic E-state index is 9.26. The molecule has 1 N–H and O–H groups in total. The molecule has 1 aliphatic rings. The number of ether oxygens (including phenoxy) is 1. The van der Waals surface area contributed by atoms with E-state index in [1.165, 1.54) is 18.4 Å². The van der Waals surface area contributed by atoms with Crippen LogP contribution in [-0.4, -0.2) is 42.4 Å². The molecule has 1 fully saturated rings. The Hall–Kier alpha value is -1.06. The Morgan fingerprint density at radius 2 is 2.11 bits per heavy atom. The molecule has 1 heterocycles. The molecule has 3 nitrogen and oxygen atoms in total. The van der Waals surface area contributed by atoms with Crippen LogP contribution in [0.1, 0.15) is 25.3 Å². The number of nitrogens with zero attached hydrogens (tertiary/aromatic N) is 1. The lowest BCUT2D eigenvalue weighted by Crippen LogP contribution is -2.36. The summed E-state index contributed by atoms with van der Waals surface area (Å²) in [5.41, 5.74) is 1.26. The van der Waals surface area contributed by atoms with Gasteiger partial charge in [-0.05, 0) is 50.9 Å². The van der Waals surface area contributed by atoms with E-state index in [0.29, 0.717) is 17.9 Å². The lowest BCUT2D eigenvalue weighted by Gasteiger charge is -2.27. The average molecular weight is 249 g/mol. The smallest absolute Gasteiger partial charge is 0.115 e. The summed E-state index contributed by atoms with van der Waals surface area (Å²) in [6.07, 6.45) is 3.81. The van der Waals surface area contributed by atoms with E-state index in [2.05, 4.69) is 18.9 Å². The first-order valence-electron chi connectivity index (χ1n) is 6.75. The summed E-state index contributed by atoms with van der Waals surface area (Å²) in [7, 11) is 2.16. The topological polar surface area (TPSA) is 32.7 Å². The van der Waals surface area contributed by atoms with E-state index in [1.807, 2.05) is 12.1 Å². The second-order valence-electron chi connectivity index (χ2n) is 5.29. The first-order chi connectivity index (χ1) is 8.65. The van der Waals surface area contributed by atoms with E-state index in [1.54, 1.807) is 12.1 Å². The fourth-order valence-corrected chi connectivity index (χ4v) is 2.42. The number of hydrogen-bond donors (Lipinski definition) is 1. The minimum Gasteiger partial charge on any atom is -0.508 e. The van der Waals surface area contributed by atoms with Gasteiger partial charge in [0, 0.05) is 19.2 Å². The second kappa shape index (κ2) is 6.21. The third kappa shape index (κ3) is 3.72. The maximum absolute atomic E-state index is 9.26. The minimum absolute atomic E-state index is 0.333. The van der Waals surface area contributed by atoms with Crippen LogP contribution in [0.15, 0.2) is 24.3 Å². The van der Waals surface area contributed by atoms with Gasteiger partial charge in [0.15, 0.2) is 0 Å². The summed E-state index contributed by atoms with van der Waals surface area (Å²) in [6, 6.07) is 7.97. The molecule has 1 saturated heterocycles. The molecule has 0 saturated carbocycles. The van der Waals surface area contributed by atoms with Crippen molar-refractivity contribution in [2.45, 2.75) is 38.3 Å². The highest BCUT2D eigenvalue weighted by Gasteiger charge is 2.19. The molecule has 2 rings (SSSR count). The Morgan fingerprint density at radius 1 is 1.39 bits per heavy atom. The molecule has 100 valence electrons. The number of aromatic hydroxyl groups is 1. The number of hydrogen-bond acceptors (Lipinski definition) is 3. The van der Waals surface area contributed by atoms with Crippen molar-refractivity contribution in [1.82, 2.24) is 4.90 Å². The van der Waals surface area contributed by atoms with E-state index < -0.39 is 0 Å². The molecular weight excluding hydrogens is 226 g/mol. The number of likely N-dealkylation sites (N-methyl/N-ethyl adjacent to an activating group) is 1. The normalized spacial score (nSPS) is 21.4. The van der Waals surface area contributed by atoms with Crippen molar-refractivity contribution >= 4 is 0 Å². The van der Waals surface area contributed by atoms with Crippen LogP contribution in [0.25, 0.3) is 0 Å². The summed E-state index contributed by atoms with van der Waals surface area (Å²) in [4.78, 5) is 2.36. The van der Waals surface area contributed by atoms with Crippen LogP contribution >= 0.6 is 0 Å². The first-order valence-corrected chi connectivity index (χ1v) is 6.75. The third-order valence-corrected chi connectivity index (χ3v) is 3.74. The van der Waals surface area contributed by atoms with E-state index in [0.717, 1.165) is 19.6 Å². The minimum atomic E-state index is 0.333. The molecule has 0 amide bonds. The van der Waals surface area contributed by atoms with Crippen molar-refractivity contribution in [2.75, 3.05) is 20.2 Å². The molecule has 1 aromatic rings. The molecule has 2 atom stereocenters. The molecule has 3 heteroatoms. The lowest BCUT2D eigenvalue weighted by atomic mass is 10.1. The highest BCUT2D eigenvalue weighted by Crippen LogP contribution is 2.16. The van der Waals surface area contributed by atoms with Gasteiger partial charge in [0.2, 0.25) is 0 Å². The van der Waals surface area contributed by atoms with Gasteiger partial charge in [-0.1, -0.05) is 12.1 Å². The van der Waals surface area contributed by atoms with Crippen LogP contribution in [0.4, 0.5) is 0 Å². The molecule has 0 bridgehead atoms. The summed E-state index contributed by atoms with van der Waals surface area (Å²) in [5.74, 6) is 0.333. The van der Waals surface area contributed by atoms with E-state index in [-0.39, 0.29) is 0 Å². The Balaban J connectivity index is 1.82. The van der Waals surface area contributed by atoms with Crippen LogP contribution < -0.4 is 0 Å². The molecule has 0 spiro atoms. The molecule has 18 heavy (non-hydrogen) atoms. The van der Waals surface area contributed by atoms with Crippen LogP contribution in [0.5, 0.6) is 5.75 Å². The van der Waals surface area contributed by atoms with Gasteiger partial charge in [-0.25, -0.2) is 0 Å². The fourth-order valence-electron chi connectivity index (χ4n) is 2.42. The molecule has 2 unspecified atom stereocenters. The first kappa shape index (κ1) is 13.4. The number of phenolic OH excluding ortho intramolecular Hbond substituents is 1. The predicted octanol–water partition coefficient (Wildman–Crippen LogP) is 2.43. The van der Waals surface area contributed by atoms with Gasteiger partial charge in [0.25, 0.3) is 0 Å². The van der Waals surface area contributed by atoms with Gasteiger partial charge in [-0.3, -0.25) is 0 Å². The number of phenols is 1. The Labute approximate surface area is 109 Å². The predicted molar refractivity (Wildman–Crippen MR) is 72.9 cm³/mol. The van der Waals surface area contributed by atoms with Crippen molar-refractivity contribution in [1.29, 1.82) is 0 Å². The van der Waals surface area contributed by atoms with Gasteiger partial charge in [-0.15, -0.1) is 0 Å². The van der Waals surface area contributed by atoms with Gasteiger partial charge in [-0.2, -0.15) is 0 Å². The molecule has 1 aliphatic heterocycles. The van der Waals surface area contributed by atoms with Crippen LogP contribution in [-0.2, 0) is 11.2 Å². The highest BCUT2D eigenvalue weighted by atomic mass is 16.5. The molecule has 0 aromatic heterocycles. The molecular formula is C15H23NO2. The third-order valence-electron chi connectivity index (χ3n) is 3.74. The van der Waals surface area contributed by atoms with E-state index in [4.69, 9.17) is 4.74 Å². The maximum Gasteiger partial charge on any atom is 0.115 e. The summed E-state index contributed by atoms with van der Waals surface area (Å²) >= 11 is 0. The monoisotopic (exact) mass is 249 g/mol. The summed E-state index contributed by atoms with van der Waals surface area (Å²) in [6.45, 7) is 4.17. The van der Waals surface area contributed by atoms with Crippen molar-refractivity contribution in [3.05, 3.63) is 29.8 Å². The van der Waals surface area contributed by atoms with Crippen molar-refractivity contribution in [2.24, 2.45) is 0 Å². The van der Waals surface area contributed by atoms with Crippen molar-refractivity contribution in [3.63, 3.8) is 0 Å². The SMILES string of the molecule is CC(Cc1ccc(O)cc1)N(C)CC1CCCO1.